The monoisotopic (exact) mass is 128 g/mol. The smallest absolute Gasteiger partial charge is 0.299 e. The van der Waals surface area contributed by atoms with Crippen LogP contribution < -0.4 is 10.5 Å². The molecule has 0 aliphatic heterocycles. The Balaban J connectivity index is 2.72. The van der Waals surface area contributed by atoms with Crippen LogP contribution in [0.2, 0.25) is 0 Å². The fourth-order valence-corrected chi connectivity index (χ4v) is 0.376. The molecule has 0 saturated carbocycles. The van der Waals surface area contributed by atoms with E-state index in [1.165, 1.54) is 0 Å². The molecule has 2 N–H and O–H groups in total. The number of carbonyl (C=O) groups excluding carboxylic acids is 1. The molecule has 1 aromatic heterocycles. The molecule has 0 spiro atoms. The van der Waals surface area contributed by atoms with Crippen molar-refractivity contribution in [3.05, 3.63) is 6.26 Å². The Morgan fingerprint density at radius 2 is 2.67 bits per heavy atom. The van der Waals surface area contributed by atoms with E-state index < -0.39 is 0 Å². The van der Waals surface area contributed by atoms with E-state index in [1.807, 2.05) is 0 Å². The number of carbonyl (C=O) groups is 1. The molecule has 0 aromatic carbocycles. The van der Waals surface area contributed by atoms with Crippen molar-refractivity contribution in [2.45, 2.75) is 0 Å². The van der Waals surface area contributed by atoms with Crippen molar-refractivity contribution in [3.63, 3.8) is 0 Å². The summed E-state index contributed by atoms with van der Waals surface area (Å²) in [7, 11) is 0. The van der Waals surface area contributed by atoms with Gasteiger partial charge in [0.25, 0.3) is 18.4 Å². The third kappa shape index (κ3) is 1.18. The molecule has 0 fully saturated rings. The van der Waals surface area contributed by atoms with Crippen molar-refractivity contribution in [3.8, 4) is 5.88 Å². The number of nitrogen functional groups attached to an aromatic ring is 1. The van der Waals surface area contributed by atoms with Crippen molar-refractivity contribution in [1.29, 1.82) is 0 Å². The first kappa shape index (κ1) is 5.61. The van der Waals surface area contributed by atoms with Gasteiger partial charge in [-0.1, -0.05) is 0 Å². The molecule has 0 bridgehead atoms. The van der Waals surface area contributed by atoms with Crippen LogP contribution >= 0.6 is 0 Å². The van der Waals surface area contributed by atoms with Crippen LogP contribution in [0.15, 0.2) is 10.7 Å². The van der Waals surface area contributed by atoms with Gasteiger partial charge in [-0.25, -0.2) is 0 Å². The van der Waals surface area contributed by atoms with Gasteiger partial charge in [-0.05, 0) is 0 Å². The quantitative estimate of drug-likeness (QED) is 0.557. The molecule has 5 heteroatoms. The molecule has 0 saturated heterocycles. The predicted molar refractivity (Wildman–Crippen MR) is 27.6 cm³/mol. The van der Waals surface area contributed by atoms with Crippen LogP contribution in [0.3, 0.4) is 0 Å². The summed E-state index contributed by atoms with van der Waals surface area (Å²) in [5, 5.41) is 0. The Kier molecular flexibility index (Phi) is 1.35. The maximum absolute atomic E-state index is 9.64. The number of nitrogens with two attached hydrogens (primary N) is 1. The van der Waals surface area contributed by atoms with Crippen LogP contribution in [-0.2, 0) is 4.79 Å². The van der Waals surface area contributed by atoms with Gasteiger partial charge < -0.3 is 14.9 Å². The zero-order valence-electron chi connectivity index (χ0n) is 4.40. The Labute approximate surface area is 50.4 Å². The molecule has 1 heterocycles. The SMILES string of the molecule is Nc1nc(OC=O)co1. The molecule has 0 aliphatic rings. The van der Waals surface area contributed by atoms with E-state index in [0.717, 1.165) is 6.26 Å². The van der Waals surface area contributed by atoms with Crippen molar-refractivity contribution in [2.24, 2.45) is 0 Å². The largest absolute Gasteiger partial charge is 0.428 e. The van der Waals surface area contributed by atoms with Crippen molar-refractivity contribution in [1.82, 2.24) is 4.98 Å². The summed E-state index contributed by atoms with van der Waals surface area (Å²) < 4.78 is 8.76. The van der Waals surface area contributed by atoms with Crippen LogP contribution in [-0.4, -0.2) is 11.5 Å². The molecule has 9 heavy (non-hydrogen) atoms. The summed E-state index contributed by atoms with van der Waals surface area (Å²) in [6.45, 7) is 0.247. The zero-order valence-corrected chi connectivity index (χ0v) is 4.40. The van der Waals surface area contributed by atoms with Gasteiger partial charge in [-0.2, -0.15) is 4.98 Å². The highest BCUT2D eigenvalue weighted by atomic mass is 16.5. The normalized spacial score (nSPS) is 8.89. The molecule has 0 aliphatic carbocycles. The summed E-state index contributed by atoms with van der Waals surface area (Å²) in [4.78, 5) is 13.1. The number of hydrogen-bond donors (Lipinski definition) is 1. The van der Waals surface area contributed by atoms with Crippen LogP contribution in [0.5, 0.6) is 5.88 Å². The minimum absolute atomic E-state index is 0.0214. The van der Waals surface area contributed by atoms with Gasteiger partial charge in [0.1, 0.15) is 0 Å². The third-order valence-electron chi connectivity index (χ3n) is 0.670. The second-order valence-corrected chi connectivity index (χ2v) is 1.24. The fraction of sp³-hybridized carbons (Fsp3) is 0. The highest BCUT2D eigenvalue weighted by Crippen LogP contribution is 2.09. The zero-order chi connectivity index (χ0) is 6.69. The maximum Gasteiger partial charge on any atom is 0.299 e. The predicted octanol–water partition coefficient (Wildman–Crippen LogP) is -0.208. The number of aromatic nitrogens is 1. The van der Waals surface area contributed by atoms with Crippen LogP contribution in [0.25, 0.3) is 0 Å². The van der Waals surface area contributed by atoms with E-state index in [9.17, 15) is 4.79 Å². The second kappa shape index (κ2) is 2.17. The lowest BCUT2D eigenvalue weighted by Crippen LogP contribution is -1.88. The van der Waals surface area contributed by atoms with Crippen molar-refractivity contribution >= 4 is 12.5 Å². The highest BCUT2D eigenvalue weighted by molar-refractivity contribution is 5.42. The summed E-state index contributed by atoms with van der Waals surface area (Å²) >= 11 is 0. The molecule has 0 amide bonds. The van der Waals surface area contributed by atoms with E-state index in [1.54, 1.807) is 0 Å². The molecule has 48 valence electrons. The topological polar surface area (TPSA) is 78.4 Å². The number of rotatable bonds is 2. The number of nitrogens with zero attached hydrogens (tertiary/aromatic N) is 1. The third-order valence-corrected chi connectivity index (χ3v) is 0.670. The van der Waals surface area contributed by atoms with Gasteiger partial charge >= 0.3 is 0 Å². The standard InChI is InChI=1S/C4H4N2O3/c5-4-6-3(1-8-4)9-2-7/h1-2H,(H2,5,6). The second-order valence-electron chi connectivity index (χ2n) is 1.24. The fourth-order valence-electron chi connectivity index (χ4n) is 0.376. The van der Waals surface area contributed by atoms with E-state index in [4.69, 9.17) is 5.73 Å². The van der Waals surface area contributed by atoms with Crippen LogP contribution in [0, 0.1) is 0 Å². The molecular weight excluding hydrogens is 124 g/mol. The summed E-state index contributed by atoms with van der Waals surface area (Å²) in [5.74, 6) is 0.0718. The van der Waals surface area contributed by atoms with Gasteiger partial charge in [-0.3, -0.25) is 4.79 Å². The lowest BCUT2D eigenvalue weighted by atomic mass is 10.9. The first-order chi connectivity index (χ1) is 4.33. The summed E-state index contributed by atoms with van der Waals surface area (Å²) in [6, 6.07) is -0.0214. The van der Waals surface area contributed by atoms with Crippen LogP contribution in [0.1, 0.15) is 0 Å². The summed E-state index contributed by atoms with van der Waals surface area (Å²) in [5.41, 5.74) is 5.04. The molecular formula is C4H4N2O3. The molecule has 0 atom stereocenters. The van der Waals surface area contributed by atoms with Crippen molar-refractivity contribution < 1.29 is 13.9 Å². The van der Waals surface area contributed by atoms with Gasteiger partial charge in [-0.15, -0.1) is 0 Å². The van der Waals surface area contributed by atoms with Gasteiger partial charge in [0.2, 0.25) is 0 Å². The Bertz CT molecular complexity index is 207. The average Bonchev–Trinajstić information content (AvgIpc) is 2.17. The Morgan fingerprint density at radius 1 is 1.89 bits per heavy atom. The minimum atomic E-state index is -0.0214. The lowest BCUT2D eigenvalue weighted by Gasteiger charge is -1.81. The van der Waals surface area contributed by atoms with Gasteiger partial charge in [0.05, 0.1) is 0 Å². The van der Waals surface area contributed by atoms with Crippen LogP contribution in [0.4, 0.5) is 6.01 Å². The lowest BCUT2D eigenvalue weighted by molar-refractivity contribution is -0.120. The molecule has 5 nitrogen and oxygen atoms in total. The summed E-state index contributed by atoms with van der Waals surface area (Å²) in [6.07, 6.45) is 1.14. The Hall–Kier alpha value is -1.52. The highest BCUT2D eigenvalue weighted by Gasteiger charge is 1.97. The number of ether oxygens (including phenoxy) is 1. The first-order valence-corrected chi connectivity index (χ1v) is 2.14. The van der Waals surface area contributed by atoms with E-state index in [-0.39, 0.29) is 18.4 Å². The average molecular weight is 128 g/mol. The van der Waals surface area contributed by atoms with E-state index >= 15 is 0 Å². The number of hydrogen-bond acceptors (Lipinski definition) is 5. The molecule has 0 unspecified atom stereocenters. The van der Waals surface area contributed by atoms with E-state index in [2.05, 4.69) is 14.1 Å². The number of oxazole rings is 1. The first-order valence-electron chi connectivity index (χ1n) is 2.14. The minimum Gasteiger partial charge on any atom is -0.428 e. The molecule has 1 rings (SSSR count). The van der Waals surface area contributed by atoms with Gasteiger partial charge in [0.15, 0.2) is 6.26 Å². The molecule has 0 radical (unpaired) electrons. The van der Waals surface area contributed by atoms with Crippen molar-refractivity contribution in [2.75, 3.05) is 5.73 Å². The van der Waals surface area contributed by atoms with Gasteiger partial charge in [0, 0.05) is 0 Å². The maximum atomic E-state index is 9.64. The molecule has 1 aromatic rings. The van der Waals surface area contributed by atoms with E-state index in [0.29, 0.717) is 0 Å². The Morgan fingerprint density at radius 3 is 3.11 bits per heavy atom. The number of anilines is 1.